The first-order chi connectivity index (χ1) is 8.71. The highest BCUT2D eigenvalue weighted by molar-refractivity contribution is 5.44. The zero-order chi connectivity index (χ0) is 13.4. The van der Waals surface area contributed by atoms with Gasteiger partial charge in [0.05, 0.1) is 0 Å². The second kappa shape index (κ2) is 7.90. The minimum Gasteiger partial charge on any atom is -0.357 e. The summed E-state index contributed by atoms with van der Waals surface area (Å²) in [6.45, 7) is 11.5. The molecule has 0 amide bonds. The summed E-state index contributed by atoms with van der Waals surface area (Å²) in [4.78, 5) is 11.3. The summed E-state index contributed by atoms with van der Waals surface area (Å²) in [6, 6.07) is 2.07. The van der Waals surface area contributed by atoms with Crippen LogP contribution in [0, 0.1) is 6.92 Å². The molecule has 4 heteroatoms. The van der Waals surface area contributed by atoms with E-state index in [1.165, 1.54) is 12.8 Å². The Morgan fingerprint density at radius 1 is 1.17 bits per heavy atom. The van der Waals surface area contributed by atoms with Crippen LogP contribution in [0.15, 0.2) is 6.07 Å². The smallest absolute Gasteiger partial charge is 0.224 e. The molecule has 0 aliphatic rings. The molecule has 102 valence electrons. The molecule has 0 aromatic carbocycles. The second-order valence-electron chi connectivity index (χ2n) is 4.55. The third-order valence-corrected chi connectivity index (χ3v) is 2.86. The molecule has 0 bridgehead atoms. The number of nitrogens with one attached hydrogen (secondary N) is 1. The van der Waals surface area contributed by atoms with Gasteiger partial charge in [0.1, 0.15) is 5.82 Å². The van der Waals surface area contributed by atoms with E-state index in [2.05, 4.69) is 47.0 Å². The Morgan fingerprint density at radius 3 is 2.56 bits per heavy atom. The second-order valence-corrected chi connectivity index (χ2v) is 4.55. The van der Waals surface area contributed by atoms with E-state index in [0.29, 0.717) is 0 Å². The van der Waals surface area contributed by atoms with Gasteiger partial charge in [0, 0.05) is 31.4 Å². The number of anilines is 2. The molecule has 0 fully saturated rings. The molecule has 1 aromatic heterocycles. The average Bonchev–Trinajstić information content (AvgIpc) is 2.37. The highest BCUT2D eigenvalue weighted by atomic mass is 15.2. The third kappa shape index (κ3) is 4.51. The Bertz CT molecular complexity index is 352. The van der Waals surface area contributed by atoms with Gasteiger partial charge < -0.3 is 10.2 Å². The lowest BCUT2D eigenvalue weighted by Crippen LogP contribution is -2.25. The molecular formula is C14H26N4. The molecule has 0 spiro atoms. The van der Waals surface area contributed by atoms with Gasteiger partial charge in [0.2, 0.25) is 5.95 Å². The Hall–Kier alpha value is -1.32. The molecule has 0 saturated carbocycles. The van der Waals surface area contributed by atoms with Gasteiger partial charge in [-0.05, 0) is 26.7 Å². The molecule has 1 rings (SSSR count). The van der Waals surface area contributed by atoms with Crippen molar-refractivity contribution in [1.29, 1.82) is 0 Å². The van der Waals surface area contributed by atoms with E-state index in [-0.39, 0.29) is 0 Å². The fourth-order valence-corrected chi connectivity index (χ4v) is 1.81. The molecule has 1 aromatic rings. The predicted octanol–water partition coefficient (Wildman–Crippen LogP) is 3.23. The monoisotopic (exact) mass is 250 g/mol. The first-order valence-electron chi connectivity index (χ1n) is 7.05. The van der Waals surface area contributed by atoms with Gasteiger partial charge in [-0.3, -0.25) is 0 Å². The van der Waals surface area contributed by atoms with Crippen molar-refractivity contribution in [2.24, 2.45) is 0 Å². The maximum Gasteiger partial charge on any atom is 0.224 e. The SMILES string of the molecule is CCCCN(CC)c1cc(C)nc(NCCC)n1. The average molecular weight is 250 g/mol. The highest BCUT2D eigenvalue weighted by Crippen LogP contribution is 2.15. The molecule has 18 heavy (non-hydrogen) atoms. The maximum absolute atomic E-state index is 4.60. The topological polar surface area (TPSA) is 41.1 Å². The largest absolute Gasteiger partial charge is 0.357 e. The highest BCUT2D eigenvalue weighted by Gasteiger charge is 2.08. The fraction of sp³-hybridized carbons (Fsp3) is 0.714. The molecule has 0 radical (unpaired) electrons. The molecule has 4 nitrogen and oxygen atoms in total. The van der Waals surface area contributed by atoms with Crippen LogP contribution in [0.4, 0.5) is 11.8 Å². The van der Waals surface area contributed by atoms with Crippen molar-refractivity contribution in [3.05, 3.63) is 11.8 Å². The number of hydrogen-bond donors (Lipinski definition) is 1. The van der Waals surface area contributed by atoms with Gasteiger partial charge >= 0.3 is 0 Å². The van der Waals surface area contributed by atoms with Gasteiger partial charge in [0.25, 0.3) is 0 Å². The number of aromatic nitrogens is 2. The zero-order valence-corrected chi connectivity index (χ0v) is 12.2. The Balaban J connectivity index is 2.81. The van der Waals surface area contributed by atoms with Crippen LogP contribution in [0.1, 0.15) is 45.7 Å². The molecular weight excluding hydrogens is 224 g/mol. The van der Waals surface area contributed by atoms with Crippen molar-refractivity contribution in [2.75, 3.05) is 29.9 Å². The molecule has 0 atom stereocenters. The van der Waals surface area contributed by atoms with E-state index >= 15 is 0 Å². The van der Waals surface area contributed by atoms with E-state index in [1.807, 2.05) is 6.92 Å². The van der Waals surface area contributed by atoms with Crippen molar-refractivity contribution in [3.8, 4) is 0 Å². The maximum atomic E-state index is 4.60. The lowest BCUT2D eigenvalue weighted by molar-refractivity contribution is 0.722. The first-order valence-corrected chi connectivity index (χ1v) is 7.05. The lowest BCUT2D eigenvalue weighted by Gasteiger charge is -2.22. The van der Waals surface area contributed by atoms with E-state index in [4.69, 9.17) is 0 Å². The zero-order valence-electron chi connectivity index (χ0n) is 12.2. The number of rotatable bonds is 8. The summed E-state index contributed by atoms with van der Waals surface area (Å²) in [5.74, 6) is 1.79. The van der Waals surface area contributed by atoms with Gasteiger partial charge in [-0.15, -0.1) is 0 Å². The Labute approximate surface area is 111 Å². The van der Waals surface area contributed by atoms with Gasteiger partial charge in [0.15, 0.2) is 0 Å². The number of nitrogens with zero attached hydrogens (tertiary/aromatic N) is 3. The molecule has 1 heterocycles. The normalized spacial score (nSPS) is 10.4. The summed E-state index contributed by atoms with van der Waals surface area (Å²) >= 11 is 0. The van der Waals surface area contributed by atoms with Crippen LogP contribution in [0.5, 0.6) is 0 Å². The summed E-state index contributed by atoms with van der Waals surface area (Å²) in [5, 5.41) is 3.26. The standard InChI is InChI=1S/C14H26N4/c1-5-8-10-18(7-3)13-11-12(4)16-14(17-13)15-9-6-2/h11H,5-10H2,1-4H3,(H,15,16,17). The molecule has 0 unspecified atom stereocenters. The van der Waals surface area contributed by atoms with Crippen LogP contribution in [0.2, 0.25) is 0 Å². The number of aryl methyl sites for hydroxylation is 1. The quantitative estimate of drug-likeness (QED) is 0.769. The van der Waals surface area contributed by atoms with Crippen LogP contribution < -0.4 is 10.2 Å². The lowest BCUT2D eigenvalue weighted by atomic mass is 10.3. The van der Waals surface area contributed by atoms with E-state index in [0.717, 1.165) is 43.5 Å². The van der Waals surface area contributed by atoms with Crippen LogP contribution in [0.3, 0.4) is 0 Å². The molecule has 1 N–H and O–H groups in total. The van der Waals surface area contributed by atoms with Gasteiger partial charge in [-0.2, -0.15) is 4.98 Å². The minimum absolute atomic E-state index is 0.752. The molecule has 0 aliphatic heterocycles. The van der Waals surface area contributed by atoms with Gasteiger partial charge in [-0.1, -0.05) is 20.3 Å². The summed E-state index contributed by atoms with van der Waals surface area (Å²) in [6.07, 6.45) is 3.50. The summed E-state index contributed by atoms with van der Waals surface area (Å²) in [7, 11) is 0. The molecule has 0 saturated heterocycles. The van der Waals surface area contributed by atoms with Gasteiger partial charge in [-0.25, -0.2) is 4.98 Å². The number of hydrogen-bond acceptors (Lipinski definition) is 4. The Kier molecular flexibility index (Phi) is 6.47. The summed E-state index contributed by atoms with van der Waals surface area (Å²) < 4.78 is 0. The van der Waals surface area contributed by atoms with Crippen molar-refractivity contribution in [3.63, 3.8) is 0 Å². The van der Waals surface area contributed by atoms with Crippen LogP contribution in [-0.2, 0) is 0 Å². The Morgan fingerprint density at radius 2 is 1.94 bits per heavy atom. The summed E-state index contributed by atoms with van der Waals surface area (Å²) in [5.41, 5.74) is 1.02. The van der Waals surface area contributed by atoms with E-state index < -0.39 is 0 Å². The predicted molar refractivity (Wildman–Crippen MR) is 78.3 cm³/mol. The molecule has 0 aliphatic carbocycles. The van der Waals surface area contributed by atoms with E-state index in [1.54, 1.807) is 0 Å². The van der Waals surface area contributed by atoms with E-state index in [9.17, 15) is 0 Å². The van der Waals surface area contributed by atoms with Crippen molar-refractivity contribution in [2.45, 2.75) is 47.0 Å². The van der Waals surface area contributed by atoms with Crippen molar-refractivity contribution >= 4 is 11.8 Å². The first kappa shape index (κ1) is 14.7. The van der Waals surface area contributed by atoms with Crippen LogP contribution >= 0.6 is 0 Å². The van der Waals surface area contributed by atoms with Crippen LogP contribution in [-0.4, -0.2) is 29.6 Å². The minimum atomic E-state index is 0.752. The van der Waals surface area contributed by atoms with Crippen molar-refractivity contribution < 1.29 is 0 Å². The fourth-order valence-electron chi connectivity index (χ4n) is 1.81. The van der Waals surface area contributed by atoms with Crippen molar-refractivity contribution in [1.82, 2.24) is 9.97 Å². The number of unbranched alkanes of at least 4 members (excludes halogenated alkanes) is 1. The third-order valence-electron chi connectivity index (χ3n) is 2.86. The van der Waals surface area contributed by atoms with Crippen LogP contribution in [0.25, 0.3) is 0 Å².